The smallest absolute Gasteiger partial charge is 0.435 e. The van der Waals surface area contributed by atoms with Crippen LogP contribution in [0.2, 0.25) is 0 Å². The molecule has 29 heavy (non-hydrogen) atoms. The van der Waals surface area contributed by atoms with Crippen LogP contribution in [0.1, 0.15) is 57.7 Å². The van der Waals surface area contributed by atoms with Gasteiger partial charge in [-0.05, 0) is 55.5 Å². The lowest BCUT2D eigenvalue weighted by molar-refractivity contribution is -0.141. The van der Waals surface area contributed by atoms with Crippen LogP contribution in [-0.2, 0) is 19.1 Å². The second kappa shape index (κ2) is 7.42. The molecule has 0 saturated heterocycles. The van der Waals surface area contributed by atoms with Crippen molar-refractivity contribution in [3.63, 3.8) is 0 Å². The Bertz CT molecular complexity index is 1040. The highest BCUT2D eigenvalue weighted by molar-refractivity contribution is 5.91. The van der Waals surface area contributed by atoms with E-state index in [1.165, 1.54) is 16.3 Å². The van der Waals surface area contributed by atoms with Crippen LogP contribution in [0.4, 0.5) is 13.2 Å². The molecular formula is C21H20F3N3O2. The SMILES string of the molecule is Cc1cc(C(F)(F)F)nn1Cc1ccc(C(=O)NC2CCCc3ccccc32)o1. The lowest BCUT2D eigenvalue weighted by Crippen LogP contribution is -2.30. The predicted molar refractivity (Wildman–Crippen MR) is 99.4 cm³/mol. The molecule has 4 rings (SSSR count). The molecule has 1 amide bonds. The molecule has 1 aliphatic carbocycles. The van der Waals surface area contributed by atoms with E-state index >= 15 is 0 Å². The van der Waals surface area contributed by atoms with Crippen LogP contribution in [-0.4, -0.2) is 15.7 Å². The standard InChI is InChI=1S/C21H20F3N3O2/c1-13-11-19(21(22,23)24)26-27(13)12-15-9-10-18(29-15)20(28)25-17-8-4-6-14-5-2-3-7-16(14)17/h2-3,5,7,9-11,17H,4,6,8,12H2,1H3,(H,25,28). The van der Waals surface area contributed by atoms with Crippen molar-refractivity contribution in [3.05, 3.63) is 76.5 Å². The monoisotopic (exact) mass is 403 g/mol. The Kier molecular flexibility index (Phi) is 4.94. The highest BCUT2D eigenvalue weighted by atomic mass is 19.4. The number of aryl methyl sites for hydroxylation is 2. The van der Waals surface area contributed by atoms with E-state index in [2.05, 4.69) is 16.5 Å². The average molecular weight is 403 g/mol. The molecule has 2 heterocycles. The summed E-state index contributed by atoms with van der Waals surface area (Å²) in [4.78, 5) is 12.6. The fourth-order valence-electron chi connectivity index (χ4n) is 3.67. The topological polar surface area (TPSA) is 60.1 Å². The first-order valence-electron chi connectivity index (χ1n) is 9.40. The third-order valence-corrected chi connectivity index (χ3v) is 5.14. The summed E-state index contributed by atoms with van der Waals surface area (Å²) < 4.78 is 45.2. The van der Waals surface area contributed by atoms with Crippen molar-refractivity contribution in [2.24, 2.45) is 0 Å². The molecule has 3 aromatic rings. The minimum atomic E-state index is -4.50. The van der Waals surface area contributed by atoms with Gasteiger partial charge in [-0.15, -0.1) is 0 Å². The van der Waals surface area contributed by atoms with E-state index < -0.39 is 11.9 Å². The van der Waals surface area contributed by atoms with Gasteiger partial charge in [0.15, 0.2) is 11.5 Å². The average Bonchev–Trinajstić information content (AvgIpc) is 3.29. The van der Waals surface area contributed by atoms with Crippen LogP contribution in [0, 0.1) is 6.92 Å². The summed E-state index contributed by atoms with van der Waals surface area (Å²) in [5.74, 6) is 0.147. The highest BCUT2D eigenvalue weighted by Crippen LogP contribution is 2.30. The molecule has 1 atom stereocenters. The summed E-state index contributed by atoms with van der Waals surface area (Å²) in [6.45, 7) is 1.56. The van der Waals surface area contributed by atoms with Crippen molar-refractivity contribution in [1.82, 2.24) is 15.1 Å². The zero-order chi connectivity index (χ0) is 20.6. The van der Waals surface area contributed by atoms with Crippen LogP contribution < -0.4 is 5.32 Å². The van der Waals surface area contributed by atoms with Crippen molar-refractivity contribution in [2.45, 2.75) is 44.9 Å². The summed E-state index contributed by atoms with van der Waals surface area (Å²) in [6, 6.07) is 12.0. The van der Waals surface area contributed by atoms with E-state index in [1.54, 1.807) is 13.0 Å². The molecule has 0 spiro atoms. The quantitative estimate of drug-likeness (QED) is 0.689. The number of alkyl halides is 3. The Morgan fingerprint density at radius 3 is 2.83 bits per heavy atom. The molecule has 152 valence electrons. The van der Waals surface area contributed by atoms with Crippen LogP contribution in [0.15, 0.2) is 46.9 Å². The fourth-order valence-corrected chi connectivity index (χ4v) is 3.67. The van der Waals surface area contributed by atoms with Crippen molar-refractivity contribution in [2.75, 3.05) is 0 Å². The number of amides is 1. The van der Waals surface area contributed by atoms with Gasteiger partial charge in [0.1, 0.15) is 5.76 Å². The molecule has 0 bridgehead atoms. The number of nitrogens with one attached hydrogen (secondary N) is 1. The number of halogens is 3. The van der Waals surface area contributed by atoms with Crippen molar-refractivity contribution in [3.8, 4) is 0 Å². The summed E-state index contributed by atoms with van der Waals surface area (Å²) in [6.07, 6.45) is -1.66. The second-order valence-corrected chi connectivity index (χ2v) is 7.21. The Morgan fingerprint density at radius 2 is 2.07 bits per heavy atom. The number of nitrogens with zero attached hydrogens (tertiary/aromatic N) is 2. The lowest BCUT2D eigenvalue weighted by atomic mass is 9.88. The van der Waals surface area contributed by atoms with E-state index in [-0.39, 0.29) is 24.3 Å². The molecule has 1 unspecified atom stereocenters. The van der Waals surface area contributed by atoms with Crippen molar-refractivity contribution in [1.29, 1.82) is 0 Å². The number of fused-ring (bicyclic) bond motifs is 1. The van der Waals surface area contributed by atoms with Gasteiger partial charge >= 0.3 is 6.18 Å². The van der Waals surface area contributed by atoms with Gasteiger partial charge in [0.25, 0.3) is 5.91 Å². The zero-order valence-corrected chi connectivity index (χ0v) is 15.8. The number of carbonyl (C=O) groups is 1. The normalized spacial score (nSPS) is 16.5. The maximum atomic E-state index is 12.8. The van der Waals surface area contributed by atoms with Crippen molar-refractivity contribution >= 4 is 5.91 Å². The van der Waals surface area contributed by atoms with Crippen LogP contribution in [0.5, 0.6) is 0 Å². The maximum Gasteiger partial charge on any atom is 0.435 e. The van der Waals surface area contributed by atoms with Gasteiger partial charge in [-0.2, -0.15) is 18.3 Å². The van der Waals surface area contributed by atoms with E-state index in [4.69, 9.17) is 4.42 Å². The molecule has 0 aliphatic heterocycles. The molecule has 0 fully saturated rings. The Balaban J connectivity index is 1.46. The first-order chi connectivity index (χ1) is 13.8. The van der Waals surface area contributed by atoms with Crippen LogP contribution >= 0.6 is 0 Å². The van der Waals surface area contributed by atoms with E-state index in [1.807, 2.05) is 18.2 Å². The molecule has 1 aliphatic rings. The lowest BCUT2D eigenvalue weighted by Gasteiger charge is -2.26. The van der Waals surface area contributed by atoms with Crippen LogP contribution in [0.25, 0.3) is 0 Å². The molecule has 0 saturated carbocycles. The maximum absolute atomic E-state index is 12.8. The molecule has 2 aromatic heterocycles. The summed E-state index contributed by atoms with van der Waals surface area (Å²) in [5.41, 5.74) is 1.76. The Hall–Kier alpha value is -3.03. The third kappa shape index (κ3) is 4.06. The number of rotatable bonds is 4. The Labute approximate surface area is 165 Å². The van der Waals surface area contributed by atoms with Crippen molar-refractivity contribution < 1.29 is 22.4 Å². The first-order valence-corrected chi connectivity index (χ1v) is 9.40. The molecular weight excluding hydrogens is 383 g/mol. The van der Waals surface area contributed by atoms with Gasteiger partial charge in [0.2, 0.25) is 0 Å². The minimum Gasteiger partial charge on any atom is -0.454 e. The largest absolute Gasteiger partial charge is 0.454 e. The van der Waals surface area contributed by atoms with Gasteiger partial charge < -0.3 is 9.73 Å². The molecule has 1 N–H and O–H groups in total. The number of aromatic nitrogens is 2. The first kappa shape index (κ1) is 19.3. The molecule has 1 aromatic carbocycles. The zero-order valence-electron chi connectivity index (χ0n) is 15.8. The van der Waals surface area contributed by atoms with Gasteiger partial charge in [-0.25, -0.2) is 0 Å². The van der Waals surface area contributed by atoms with E-state index in [0.29, 0.717) is 11.5 Å². The van der Waals surface area contributed by atoms with Gasteiger partial charge in [-0.3, -0.25) is 9.48 Å². The summed E-state index contributed by atoms with van der Waals surface area (Å²) in [5, 5.41) is 6.58. The summed E-state index contributed by atoms with van der Waals surface area (Å²) in [7, 11) is 0. The second-order valence-electron chi connectivity index (χ2n) is 7.21. The highest BCUT2D eigenvalue weighted by Gasteiger charge is 2.34. The number of hydrogen-bond donors (Lipinski definition) is 1. The number of carbonyl (C=O) groups excluding carboxylic acids is 1. The number of hydrogen-bond acceptors (Lipinski definition) is 3. The van der Waals surface area contributed by atoms with E-state index in [0.717, 1.165) is 30.9 Å². The number of benzene rings is 1. The molecule has 8 heteroatoms. The molecule has 5 nitrogen and oxygen atoms in total. The Morgan fingerprint density at radius 1 is 1.28 bits per heavy atom. The fraction of sp³-hybridized carbons (Fsp3) is 0.333. The molecule has 0 radical (unpaired) electrons. The number of furan rings is 1. The third-order valence-electron chi connectivity index (χ3n) is 5.14. The summed E-state index contributed by atoms with van der Waals surface area (Å²) >= 11 is 0. The van der Waals surface area contributed by atoms with Gasteiger partial charge in [-0.1, -0.05) is 24.3 Å². The van der Waals surface area contributed by atoms with Gasteiger partial charge in [0, 0.05) is 5.69 Å². The van der Waals surface area contributed by atoms with Gasteiger partial charge in [0.05, 0.1) is 12.6 Å². The predicted octanol–water partition coefficient (Wildman–Crippen LogP) is 4.66. The van der Waals surface area contributed by atoms with Crippen LogP contribution in [0.3, 0.4) is 0 Å². The van der Waals surface area contributed by atoms with E-state index in [9.17, 15) is 18.0 Å². The minimum absolute atomic E-state index is 0.0153.